The molecule has 0 amide bonds. The van der Waals surface area contributed by atoms with Crippen molar-refractivity contribution in [2.75, 3.05) is 0 Å². The summed E-state index contributed by atoms with van der Waals surface area (Å²) in [6, 6.07) is 4.10. The molecule has 2 aromatic rings. The van der Waals surface area contributed by atoms with Crippen LogP contribution in [0.2, 0.25) is 0 Å². The first-order chi connectivity index (χ1) is 8.00. The summed E-state index contributed by atoms with van der Waals surface area (Å²) in [5, 5.41) is 4.16. The van der Waals surface area contributed by atoms with E-state index in [9.17, 15) is 13.2 Å². The summed E-state index contributed by atoms with van der Waals surface area (Å²) < 4.78 is 38.4. The Balaban J connectivity index is 2.29. The molecule has 90 valence electrons. The van der Waals surface area contributed by atoms with E-state index in [2.05, 4.69) is 10.1 Å². The first kappa shape index (κ1) is 11.6. The molecule has 17 heavy (non-hydrogen) atoms. The molecule has 0 aliphatic heterocycles. The fourth-order valence-corrected chi connectivity index (χ4v) is 1.37. The van der Waals surface area contributed by atoms with Crippen molar-refractivity contribution >= 4 is 0 Å². The van der Waals surface area contributed by atoms with E-state index < -0.39 is 11.7 Å². The lowest BCUT2D eigenvalue weighted by molar-refractivity contribution is -0.137. The minimum Gasteiger partial charge on any atom is -0.237 e. The normalized spacial score (nSPS) is 11.8. The first-order valence-electron chi connectivity index (χ1n) is 5.09. The summed E-state index contributed by atoms with van der Waals surface area (Å²) in [7, 11) is 0. The zero-order valence-electron chi connectivity index (χ0n) is 9.07. The molecule has 2 rings (SSSR count). The second-order valence-electron chi connectivity index (χ2n) is 3.51. The number of hydrogen-bond donors (Lipinski definition) is 0. The highest BCUT2D eigenvalue weighted by molar-refractivity contribution is 5.26. The van der Waals surface area contributed by atoms with Crippen LogP contribution in [0.15, 0.2) is 30.6 Å². The van der Waals surface area contributed by atoms with Crippen molar-refractivity contribution in [2.45, 2.75) is 19.5 Å². The van der Waals surface area contributed by atoms with E-state index >= 15 is 0 Å². The number of alkyl halides is 3. The summed E-state index contributed by atoms with van der Waals surface area (Å²) in [4.78, 5) is 3.74. The number of pyridine rings is 1. The number of aromatic nitrogens is 3. The SMILES string of the molecule is CCc1ccn(-c2ccc(C(F)(F)F)cn2)n1. The Morgan fingerprint density at radius 1 is 1.24 bits per heavy atom. The molecule has 0 radical (unpaired) electrons. The molecular weight excluding hydrogens is 231 g/mol. The van der Waals surface area contributed by atoms with Crippen LogP contribution in [0.1, 0.15) is 18.2 Å². The molecule has 0 aromatic carbocycles. The van der Waals surface area contributed by atoms with E-state index in [1.54, 1.807) is 12.3 Å². The van der Waals surface area contributed by atoms with Gasteiger partial charge in [0.15, 0.2) is 5.82 Å². The molecule has 2 aromatic heterocycles. The lowest BCUT2D eigenvalue weighted by Crippen LogP contribution is -2.07. The highest BCUT2D eigenvalue weighted by atomic mass is 19.4. The van der Waals surface area contributed by atoms with Crippen molar-refractivity contribution in [3.63, 3.8) is 0 Å². The molecule has 0 bridgehead atoms. The third kappa shape index (κ3) is 2.46. The van der Waals surface area contributed by atoms with Gasteiger partial charge in [-0.25, -0.2) is 9.67 Å². The van der Waals surface area contributed by atoms with Crippen molar-refractivity contribution in [1.29, 1.82) is 0 Å². The predicted molar refractivity (Wildman–Crippen MR) is 55.7 cm³/mol. The monoisotopic (exact) mass is 241 g/mol. The Kier molecular flexibility index (Phi) is 2.87. The van der Waals surface area contributed by atoms with Gasteiger partial charge in [0.2, 0.25) is 0 Å². The maximum Gasteiger partial charge on any atom is 0.417 e. The van der Waals surface area contributed by atoms with Crippen molar-refractivity contribution in [2.24, 2.45) is 0 Å². The average molecular weight is 241 g/mol. The lowest BCUT2D eigenvalue weighted by atomic mass is 10.3. The zero-order chi connectivity index (χ0) is 12.5. The lowest BCUT2D eigenvalue weighted by Gasteiger charge is -2.06. The van der Waals surface area contributed by atoms with E-state index in [1.807, 2.05) is 6.92 Å². The Morgan fingerprint density at radius 3 is 2.47 bits per heavy atom. The number of nitrogens with zero attached hydrogens (tertiary/aromatic N) is 3. The minimum atomic E-state index is -4.36. The molecule has 0 aliphatic rings. The standard InChI is InChI=1S/C11H10F3N3/c1-2-9-5-6-17(16-9)10-4-3-8(7-15-10)11(12,13)14/h3-7H,2H2,1H3. The molecule has 0 spiro atoms. The average Bonchev–Trinajstić information content (AvgIpc) is 2.76. The van der Waals surface area contributed by atoms with Crippen molar-refractivity contribution < 1.29 is 13.2 Å². The number of hydrogen-bond acceptors (Lipinski definition) is 2. The fraction of sp³-hybridized carbons (Fsp3) is 0.273. The van der Waals surface area contributed by atoms with Crippen LogP contribution in [-0.4, -0.2) is 14.8 Å². The van der Waals surface area contributed by atoms with Gasteiger partial charge in [0.25, 0.3) is 0 Å². The maximum atomic E-state index is 12.3. The Labute approximate surface area is 95.9 Å². The van der Waals surface area contributed by atoms with E-state index in [0.29, 0.717) is 5.82 Å². The summed E-state index contributed by atoms with van der Waals surface area (Å²) in [5.41, 5.74) is 0.107. The molecule has 2 heterocycles. The van der Waals surface area contributed by atoms with Crippen molar-refractivity contribution in [1.82, 2.24) is 14.8 Å². The summed E-state index contributed by atoms with van der Waals surface area (Å²) in [6.07, 6.45) is -1.10. The first-order valence-corrected chi connectivity index (χ1v) is 5.09. The van der Waals surface area contributed by atoms with Gasteiger partial charge in [-0.05, 0) is 24.6 Å². The largest absolute Gasteiger partial charge is 0.417 e. The number of aryl methyl sites for hydroxylation is 1. The van der Waals surface area contributed by atoms with Gasteiger partial charge in [0.05, 0.1) is 11.3 Å². The minimum absolute atomic E-state index is 0.373. The molecular formula is C11H10F3N3. The molecule has 0 atom stereocenters. The van der Waals surface area contributed by atoms with Crippen LogP contribution in [0.5, 0.6) is 0 Å². The molecule has 0 saturated carbocycles. The molecule has 0 N–H and O–H groups in total. The summed E-state index contributed by atoms with van der Waals surface area (Å²) in [5.74, 6) is 0.373. The summed E-state index contributed by atoms with van der Waals surface area (Å²) in [6.45, 7) is 1.95. The van der Waals surface area contributed by atoms with Gasteiger partial charge < -0.3 is 0 Å². The van der Waals surface area contributed by atoms with Crippen LogP contribution in [0, 0.1) is 0 Å². The Morgan fingerprint density at radius 2 is 2.00 bits per heavy atom. The van der Waals surface area contributed by atoms with Gasteiger partial charge in [-0.3, -0.25) is 0 Å². The molecule has 0 saturated heterocycles. The van der Waals surface area contributed by atoms with Gasteiger partial charge in [-0.1, -0.05) is 6.92 Å². The highest BCUT2D eigenvalue weighted by Crippen LogP contribution is 2.28. The molecule has 0 unspecified atom stereocenters. The van der Waals surface area contributed by atoms with Crippen LogP contribution in [0.25, 0.3) is 5.82 Å². The fourth-order valence-electron chi connectivity index (χ4n) is 1.37. The second-order valence-corrected chi connectivity index (χ2v) is 3.51. The van der Waals surface area contributed by atoms with E-state index in [-0.39, 0.29) is 0 Å². The van der Waals surface area contributed by atoms with Crippen LogP contribution >= 0.6 is 0 Å². The topological polar surface area (TPSA) is 30.7 Å². The molecule has 3 nitrogen and oxygen atoms in total. The Bertz CT molecular complexity index is 499. The van der Waals surface area contributed by atoms with Gasteiger partial charge in [-0.2, -0.15) is 18.3 Å². The maximum absolute atomic E-state index is 12.3. The second kappa shape index (κ2) is 4.20. The number of halogens is 3. The van der Waals surface area contributed by atoms with Crippen molar-refractivity contribution in [3.05, 3.63) is 41.9 Å². The van der Waals surface area contributed by atoms with Crippen LogP contribution in [-0.2, 0) is 12.6 Å². The van der Waals surface area contributed by atoms with Gasteiger partial charge >= 0.3 is 6.18 Å². The van der Waals surface area contributed by atoms with Crippen LogP contribution in [0.4, 0.5) is 13.2 Å². The third-order valence-corrected chi connectivity index (χ3v) is 2.32. The molecule has 0 fully saturated rings. The van der Waals surface area contributed by atoms with E-state index in [4.69, 9.17) is 0 Å². The number of rotatable bonds is 2. The van der Waals surface area contributed by atoms with Crippen molar-refractivity contribution in [3.8, 4) is 5.82 Å². The van der Waals surface area contributed by atoms with Crippen LogP contribution in [0.3, 0.4) is 0 Å². The molecule has 0 aliphatic carbocycles. The van der Waals surface area contributed by atoms with Gasteiger partial charge in [0, 0.05) is 12.4 Å². The highest BCUT2D eigenvalue weighted by Gasteiger charge is 2.30. The van der Waals surface area contributed by atoms with E-state index in [0.717, 1.165) is 24.4 Å². The summed E-state index contributed by atoms with van der Waals surface area (Å²) >= 11 is 0. The van der Waals surface area contributed by atoms with E-state index in [1.165, 1.54) is 10.7 Å². The smallest absolute Gasteiger partial charge is 0.237 e. The van der Waals surface area contributed by atoms with Gasteiger partial charge in [-0.15, -0.1) is 0 Å². The van der Waals surface area contributed by atoms with Crippen LogP contribution < -0.4 is 0 Å². The molecule has 6 heteroatoms. The zero-order valence-corrected chi connectivity index (χ0v) is 9.07. The predicted octanol–water partition coefficient (Wildman–Crippen LogP) is 2.85. The van der Waals surface area contributed by atoms with Gasteiger partial charge in [0.1, 0.15) is 0 Å². The Hall–Kier alpha value is -1.85. The third-order valence-electron chi connectivity index (χ3n) is 2.32. The quantitative estimate of drug-likeness (QED) is 0.809.